The molecule has 3 heteroatoms. The summed E-state index contributed by atoms with van der Waals surface area (Å²) in [5.41, 5.74) is 2.30. The molecule has 1 fully saturated rings. The number of methoxy groups -OCH3 is 1. The Kier molecular flexibility index (Phi) is 4.30. The summed E-state index contributed by atoms with van der Waals surface area (Å²) < 4.78 is 5.38. The lowest BCUT2D eigenvalue weighted by atomic mass is 9.93. The lowest BCUT2D eigenvalue weighted by Crippen LogP contribution is -2.29. The van der Waals surface area contributed by atoms with Crippen LogP contribution in [0, 0.1) is 6.92 Å². The van der Waals surface area contributed by atoms with Crippen LogP contribution in [0.15, 0.2) is 18.2 Å². The molecule has 1 N–H and O–H groups in total. The molecule has 2 nitrogen and oxygen atoms in total. The van der Waals surface area contributed by atoms with Crippen LogP contribution in [-0.4, -0.2) is 19.3 Å². The lowest BCUT2D eigenvalue weighted by Gasteiger charge is -2.29. The van der Waals surface area contributed by atoms with Crippen molar-refractivity contribution in [3.63, 3.8) is 0 Å². The van der Waals surface area contributed by atoms with Crippen LogP contribution in [0.5, 0.6) is 0 Å². The Labute approximate surface area is 108 Å². The van der Waals surface area contributed by atoms with Gasteiger partial charge in [0.05, 0.1) is 16.8 Å². The van der Waals surface area contributed by atoms with Crippen LogP contribution in [0.1, 0.15) is 31.2 Å². The van der Waals surface area contributed by atoms with Crippen LogP contribution in [0.25, 0.3) is 0 Å². The summed E-state index contributed by atoms with van der Waals surface area (Å²) in [7, 11) is 1.80. The van der Waals surface area contributed by atoms with E-state index in [4.69, 9.17) is 16.3 Å². The summed E-state index contributed by atoms with van der Waals surface area (Å²) in [6.45, 7) is 2.09. The molecule has 0 aromatic heterocycles. The van der Waals surface area contributed by atoms with Crippen molar-refractivity contribution in [2.45, 2.75) is 44.8 Å². The first-order chi connectivity index (χ1) is 8.19. The Balaban J connectivity index is 1.95. The number of ether oxygens (including phenoxy) is 1. The van der Waals surface area contributed by atoms with Crippen molar-refractivity contribution in [2.75, 3.05) is 12.4 Å². The number of anilines is 1. The number of hydrogen-bond acceptors (Lipinski definition) is 2. The minimum atomic E-state index is 0.445. The molecule has 0 aliphatic heterocycles. The fraction of sp³-hybridized carbons (Fsp3) is 0.571. The van der Waals surface area contributed by atoms with Gasteiger partial charge in [0.2, 0.25) is 0 Å². The molecule has 94 valence electrons. The van der Waals surface area contributed by atoms with Crippen molar-refractivity contribution in [3.05, 3.63) is 28.8 Å². The first-order valence-electron chi connectivity index (χ1n) is 6.24. The van der Waals surface area contributed by atoms with Crippen LogP contribution in [0.4, 0.5) is 5.69 Å². The van der Waals surface area contributed by atoms with Crippen molar-refractivity contribution in [3.8, 4) is 0 Å². The SMILES string of the molecule is COC1CCC(Nc2cc(C)ccc2Cl)CC1. The molecule has 0 heterocycles. The molecule has 0 amide bonds. The zero-order valence-corrected chi connectivity index (χ0v) is 11.3. The van der Waals surface area contributed by atoms with Gasteiger partial charge in [-0.25, -0.2) is 0 Å². The third kappa shape index (κ3) is 3.36. The van der Waals surface area contributed by atoms with E-state index in [1.54, 1.807) is 7.11 Å². The molecule has 17 heavy (non-hydrogen) atoms. The van der Waals surface area contributed by atoms with E-state index in [0.717, 1.165) is 36.4 Å². The Morgan fingerprint density at radius 3 is 2.59 bits per heavy atom. The van der Waals surface area contributed by atoms with Crippen LogP contribution < -0.4 is 5.32 Å². The Bertz CT molecular complexity index is 372. The summed E-state index contributed by atoms with van der Waals surface area (Å²) in [5.74, 6) is 0. The second-order valence-electron chi connectivity index (χ2n) is 4.84. The van der Waals surface area contributed by atoms with E-state index in [9.17, 15) is 0 Å². The topological polar surface area (TPSA) is 21.3 Å². The second-order valence-corrected chi connectivity index (χ2v) is 5.24. The van der Waals surface area contributed by atoms with Crippen LogP contribution in [0.2, 0.25) is 5.02 Å². The zero-order chi connectivity index (χ0) is 12.3. The fourth-order valence-corrected chi connectivity index (χ4v) is 2.58. The molecule has 2 rings (SSSR count). The lowest BCUT2D eigenvalue weighted by molar-refractivity contribution is 0.0682. The molecular formula is C14H20ClNO. The molecule has 0 bridgehead atoms. The predicted molar refractivity (Wildman–Crippen MR) is 72.9 cm³/mol. The molecule has 1 aliphatic rings. The molecule has 1 aromatic carbocycles. The smallest absolute Gasteiger partial charge is 0.0637 e. The molecule has 1 aromatic rings. The number of aryl methyl sites for hydroxylation is 1. The summed E-state index contributed by atoms with van der Waals surface area (Å²) in [6, 6.07) is 6.64. The van der Waals surface area contributed by atoms with Crippen molar-refractivity contribution in [1.29, 1.82) is 0 Å². The fourth-order valence-electron chi connectivity index (χ4n) is 2.41. The van der Waals surface area contributed by atoms with Crippen molar-refractivity contribution >= 4 is 17.3 Å². The van der Waals surface area contributed by atoms with Gasteiger partial charge in [0.1, 0.15) is 0 Å². The van der Waals surface area contributed by atoms with Crippen LogP contribution in [0.3, 0.4) is 0 Å². The predicted octanol–water partition coefficient (Wildman–Crippen LogP) is 4.02. The second kappa shape index (κ2) is 5.74. The normalized spacial score (nSPS) is 24.6. The van der Waals surface area contributed by atoms with Crippen molar-refractivity contribution in [2.24, 2.45) is 0 Å². The Morgan fingerprint density at radius 1 is 1.24 bits per heavy atom. The molecule has 0 radical (unpaired) electrons. The van der Waals surface area contributed by atoms with Crippen LogP contribution >= 0.6 is 11.6 Å². The maximum Gasteiger partial charge on any atom is 0.0637 e. The average molecular weight is 254 g/mol. The monoisotopic (exact) mass is 253 g/mol. The van der Waals surface area contributed by atoms with Gasteiger partial charge in [0, 0.05) is 13.2 Å². The summed E-state index contributed by atoms with van der Waals surface area (Å²) in [4.78, 5) is 0. The largest absolute Gasteiger partial charge is 0.381 e. The van der Waals surface area contributed by atoms with Gasteiger partial charge in [-0.2, -0.15) is 0 Å². The van der Waals surface area contributed by atoms with E-state index in [-0.39, 0.29) is 0 Å². The third-order valence-corrected chi connectivity index (χ3v) is 3.82. The molecule has 1 aliphatic carbocycles. The van der Waals surface area contributed by atoms with Gasteiger partial charge < -0.3 is 10.1 Å². The minimum Gasteiger partial charge on any atom is -0.381 e. The maximum absolute atomic E-state index is 6.18. The molecule has 0 spiro atoms. The molecule has 0 unspecified atom stereocenters. The highest BCUT2D eigenvalue weighted by atomic mass is 35.5. The van der Waals surface area contributed by atoms with Crippen molar-refractivity contribution in [1.82, 2.24) is 0 Å². The highest BCUT2D eigenvalue weighted by molar-refractivity contribution is 6.33. The number of benzene rings is 1. The number of hydrogen-bond donors (Lipinski definition) is 1. The first kappa shape index (κ1) is 12.7. The van der Waals surface area contributed by atoms with E-state index >= 15 is 0 Å². The van der Waals surface area contributed by atoms with E-state index in [2.05, 4.69) is 18.3 Å². The molecule has 0 saturated heterocycles. The Hall–Kier alpha value is -0.730. The third-order valence-electron chi connectivity index (χ3n) is 3.49. The van der Waals surface area contributed by atoms with Gasteiger partial charge in [-0.15, -0.1) is 0 Å². The van der Waals surface area contributed by atoms with Gasteiger partial charge in [0.15, 0.2) is 0 Å². The van der Waals surface area contributed by atoms with Crippen molar-refractivity contribution < 1.29 is 4.74 Å². The standard InChI is InChI=1S/C14H20ClNO/c1-10-3-8-13(15)14(9-10)16-11-4-6-12(17-2)7-5-11/h3,8-9,11-12,16H,4-7H2,1-2H3. The van der Waals surface area contributed by atoms with Gasteiger partial charge in [-0.05, 0) is 50.3 Å². The first-order valence-corrected chi connectivity index (χ1v) is 6.62. The highest BCUT2D eigenvalue weighted by Crippen LogP contribution is 2.28. The molecule has 0 atom stereocenters. The molecular weight excluding hydrogens is 234 g/mol. The number of halogens is 1. The number of rotatable bonds is 3. The van der Waals surface area contributed by atoms with Gasteiger partial charge in [-0.1, -0.05) is 17.7 Å². The zero-order valence-electron chi connectivity index (χ0n) is 10.5. The van der Waals surface area contributed by atoms with E-state index in [1.807, 2.05) is 12.1 Å². The van der Waals surface area contributed by atoms with E-state index < -0.39 is 0 Å². The van der Waals surface area contributed by atoms with Gasteiger partial charge in [-0.3, -0.25) is 0 Å². The van der Waals surface area contributed by atoms with Gasteiger partial charge in [0.25, 0.3) is 0 Å². The van der Waals surface area contributed by atoms with E-state index in [0.29, 0.717) is 12.1 Å². The molecule has 1 saturated carbocycles. The summed E-state index contributed by atoms with van der Waals surface area (Å²) in [6.07, 6.45) is 5.03. The highest BCUT2D eigenvalue weighted by Gasteiger charge is 2.20. The average Bonchev–Trinajstić information content (AvgIpc) is 2.35. The Morgan fingerprint density at radius 2 is 1.94 bits per heavy atom. The summed E-state index contributed by atoms with van der Waals surface area (Å²) >= 11 is 6.18. The van der Waals surface area contributed by atoms with E-state index in [1.165, 1.54) is 5.56 Å². The maximum atomic E-state index is 6.18. The van der Waals surface area contributed by atoms with Crippen LogP contribution in [-0.2, 0) is 4.74 Å². The minimum absolute atomic E-state index is 0.445. The summed E-state index contributed by atoms with van der Waals surface area (Å²) in [5, 5.41) is 4.36. The quantitative estimate of drug-likeness (QED) is 0.879. The van der Waals surface area contributed by atoms with Gasteiger partial charge >= 0.3 is 0 Å². The number of nitrogens with one attached hydrogen (secondary N) is 1.